The first-order valence-electron chi connectivity index (χ1n) is 15.4. The van der Waals surface area contributed by atoms with Crippen molar-refractivity contribution in [3.05, 3.63) is 77.4 Å². The number of hydrogen-bond acceptors (Lipinski definition) is 6. The molecule has 1 unspecified atom stereocenters. The van der Waals surface area contributed by atoms with Crippen LogP contribution in [0.1, 0.15) is 48.8 Å². The molecule has 1 saturated carbocycles. The van der Waals surface area contributed by atoms with Gasteiger partial charge in [0.25, 0.3) is 5.91 Å². The number of nitrogens with zero attached hydrogens (tertiary/aromatic N) is 4. The largest absolute Gasteiger partial charge is 0.481 e. The van der Waals surface area contributed by atoms with Crippen LogP contribution in [0, 0.1) is 11.7 Å². The minimum atomic E-state index is -1.28. The molecule has 1 atom stereocenters. The topological polar surface area (TPSA) is 154 Å². The number of urea groups is 1. The van der Waals surface area contributed by atoms with Crippen molar-refractivity contribution in [1.29, 1.82) is 0 Å². The lowest BCUT2D eigenvalue weighted by Crippen LogP contribution is -2.48. The van der Waals surface area contributed by atoms with Crippen LogP contribution < -0.4 is 10.6 Å². The quantitative estimate of drug-likeness (QED) is 0.307. The number of amides is 5. The molecule has 1 saturated heterocycles. The lowest BCUT2D eigenvalue weighted by molar-refractivity contribution is -0.145. The number of halogens is 1. The summed E-state index contributed by atoms with van der Waals surface area (Å²) in [6.07, 6.45) is 6.06. The molecule has 2 aliphatic carbocycles. The number of imide groups is 1. The molecule has 2 aromatic carbocycles. The lowest BCUT2D eigenvalue weighted by Gasteiger charge is -2.36. The number of likely N-dealkylation sites (N-methyl/N-ethyl adjacent to an activating group) is 1. The second-order valence-corrected chi connectivity index (χ2v) is 12.2. The molecule has 0 radical (unpaired) electrons. The van der Waals surface area contributed by atoms with Crippen molar-refractivity contribution in [2.45, 2.75) is 63.2 Å². The van der Waals surface area contributed by atoms with Gasteiger partial charge in [0.15, 0.2) is 0 Å². The molecule has 3 aromatic rings. The maximum atomic E-state index is 14.0. The van der Waals surface area contributed by atoms with Crippen LogP contribution in [0.3, 0.4) is 0 Å². The van der Waals surface area contributed by atoms with E-state index in [4.69, 9.17) is 0 Å². The Morgan fingerprint density at radius 1 is 1.07 bits per heavy atom. The Morgan fingerprint density at radius 2 is 1.80 bits per heavy atom. The number of aliphatic carboxylic acids is 1. The maximum Gasteiger partial charge on any atom is 0.325 e. The number of carboxylic acid groups (broad SMARTS) is 1. The standard InChI is InChI=1S/C33H35FN6O6/c1-35-28(41)18-38-17-24(15-36-38)22-6-11-27-23(14-22)12-13-33(27)31(45)40(32(46)37-33)19-29(42)39(16-20-2-7-25(34)8-3-20)26-9-4-21(5-10-26)30(43)44/h2-3,6-8,11,14-15,17,21,26H,4-5,9-10,12-13,16,18-19H2,1H3,(H,35,41)(H,37,46)(H,43,44). The Morgan fingerprint density at radius 3 is 2.50 bits per heavy atom. The zero-order chi connectivity index (χ0) is 32.6. The van der Waals surface area contributed by atoms with Crippen molar-refractivity contribution >= 4 is 29.7 Å². The van der Waals surface area contributed by atoms with Crippen LogP contribution in [-0.2, 0) is 44.2 Å². The monoisotopic (exact) mass is 630 g/mol. The van der Waals surface area contributed by atoms with Gasteiger partial charge < -0.3 is 20.6 Å². The van der Waals surface area contributed by atoms with Crippen LogP contribution in [0.2, 0.25) is 0 Å². The highest BCUT2D eigenvalue weighted by Gasteiger charge is 2.56. The molecule has 12 nitrogen and oxygen atoms in total. The summed E-state index contributed by atoms with van der Waals surface area (Å²) in [5.41, 5.74) is 2.64. The molecule has 1 spiro atoms. The van der Waals surface area contributed by atoms with Gasteiger partial charge in [-0.05, 0) is 72.9 Å². The van der Waals surface area contributed by atoms with E-state index in [9.17, 15) is 33.5 Å². The first kappa shape index (κ1) is 30.9. The minimum absolute atomic E-state index is 0.0879. The minimum Gasteiger partial charge on any atom is -0.481 e. The van der Waals surface area contributed by atoms with Crippen molar-refractivity contribution in [2.75, 3.05) is 13.6 Å². The van der Waals surface area contributed by atoms with Crippen LogP contribution >= 0.6 is 0 Å². The number of carboxylic acids is 1. The van der Waals surface area contributed by atoms with Crippen molar-refractivity contribution in [2.24, 2.45) is 5.92 Å². The van der Waals surface area contributed by atoms with Crippen LogP contribution in [-0.4, -0.2) is 74.0 Å². The molecule has 5 amide bonds. The van der Waals surface area contributed by atoms with Crippen molar-refractivity contribution in [1.82, 2.24) is 30.2 Å². The molecule has 1 aliphatic heterocycles. The summed E-state index contributed by atoms with van der Waals surface area (Å²) < 4.78 is 15.1. The maximum absolute atomic E-state index is 14.0. The summed E-state index contributed by atoms with van der Waals surface area (Å²) in [6.45, 7) is -0.239. The highest BCUT2D eigenvalue weighted by molar-refractivity contribution is 6.10. The highest BCUT2D eigenvalue weighted by Crippen LogP contribution is 2.43. The van der Waals surface area contributed by atoms with E-state index in [1.165, 1.54) is 16.8 Å². The summed E-state index contributed by atoms with van der Waals surface area (Å²) in [6, 6.07) is 10.5. The Balaban J connectivity index is 1.20. The van der Waals surface area contributed by atoms with Gasteiger partial charge in [-0.1, -0.05) is 30.3 Å². The molecule has 3 N–H and O–H groups in total. The smallest absolute Gasteiger partial charge is 0.325 e. The normalized spacial score (nSPS) is 22.1. The molecule has 0 bridgehead atoms. The SMILES string of the molecule is CNC(=O)Cn1cc(-c2ccc3c(c2)CCC32NC(=O)N(CC(=O)N(Cc3ccc(F)cc3)C3CCC(C(=O)O)CC3)C2=O)cn1. The Hall–Kier alpha value is -5.07. The molecule has 46 heavy (non-hydrogen) atoms. The molecule has 2 heterocycles. The van der Waals surface area contributed by atoms with E-state index in [0.717, 1.165) is 21.6 Å². The summed E-state index contributed by atoms with van der Waals surface area (Å²) in [4.78, 5) is 66.9. The number of fused-ring (bicyclic) bond motifs is 2. The third-order valence-electron chi connectivity index (χ3n) is 9.43. The summed E-state index contributed by atoms with van der Waals surface area (Å²) in [7, 11) is 1.56. The molecule has 13 heteroatoms. The molecule has 240 valence electrons. The number of hydrogen-bond donors (Lipinski definition) is 3. The van der Waals surface area contributed by atoms with Crippen LogP contribution in [0.25, 0.3) is 11.1 Å². The first-order valence-corrected chi connectivity index (χ1v) is 15.4. The molecule has 6 rings (SSSR count). The van der Waals surface area contributed by atoms with Gasteiger partial charge in [-0.2, -0.15) is 5.10 Å². The van der Waals surface area contributed by atoms with Gasteiger partial charge >= 0.3 is 12.0 Å². The third-order valence-corrected chi connectivity index (χ3v) is 9.43. The summed E-state index contributed by atoms with van der Waals surface area (Å²) in [5.74, 6) is -2.86. The van der Waals surface area contributed by atoms with Gasteiger partial charge in [0, 0.05) is 31.4 Å². The van der Waals surface area contributed by atoms with Crippen molar-refractivity contribution < 1.29 is 33.5 Å². The van der Waals surface area contributed by atoms with Gasteiger partial charge in [-0.3, -0.25) is 28.8 Å². The molecular formula is C33H35FN6O6. The highest BCUT2D eigenvalue weighted by atomic mass is 19.1. The van der Waals surface area contributed by atoms with Gasteiger partial charge in [-0.15, -0.1) is 0 Å². The Kier molecular flexibility index (Phi) is 8.32. The van der Waals surface area contributed by atoms with Gasteiger partial charge in [0.05, 0.1) is 12.1 Å². The van der Waals surface area contributed by atoms with E-state index in [1.807, 2.05) is 18.2 Å². The van der Waals surface area contributed by atoms with Crippen LogP contribution in [0.5, 0.6) is 0 Å². The van der Waals surface area contributed by atoms with E-state index in [-0.39, 0.29) is 25.0 Å². The molecular weight excluding hydrogens is 595 g/mol. The number of aromatic nitrogens is 2. The predicted molar refractivity (Wildman–Crippen MR) is 162 cm³/mol. The molecule has 2 fully saturated rings. The summed E-state index contributed by atoms with van der Waals surface area (Å²) >= 11 is 0. The molecule has 1 aromatic heterocycles. The number of aryl methyl sites for hydroxylation is 1. The average molecular weight is 631 g/mol. The fraction of sp³-hybridized carbons (Fsp3) is 0.394. The third kappa shape index (κ3) is 5.84. The second kappa shape index (κ2) is 12.4. The van der Waals surface area contributed by atoms with Crippen LogP contribution in [0.4, 0.5) is 9.18 Å². The number of rotatable bonds is 9. The van der Waals surface area contributed by atoms with Crippen LogP contribution in [0.15, 0.2) is 54.9 Å². The van der Waals surface area contributed by atoms with Crippen molar-refractivity contribution in [3.8, 4) is 11.1 Å². The fourth-order valence-corrected chi connectivity index (χ4v) is 6.87. The van der Waals surface area contributed by atoms with Gasteiger partial charge in [-0.25, -0.2) is 9.18 Å². The average Bonchev–Trinajstić information content (AvgIpc) is 3.73. The van der Waals surface area contributed by atoms with E-state index < -0.39 is 47.6 Å². The van der Waals surface area contributed by atoms with E-state index in [1.54, 1.807) is 36.5 Å². The van der Waals surface area contributed by atoms with E-state index >= 15 is 0 Å². The fourth-order valence-electron chi connectivity index (χ4n) is 6.87. The number of carbonyl (C=O) groups is 5. The summed E-state index contributed by atoms with van der Waals surface area (Å²) in [5, 5.41) is 19.1. The van der Waals surface area contributed by atoms with Gasteiger partial charge in [0.1, 0.15) is 24.4 Å². The van der Waals surface area contributed by atoms with E-state index in [0.29, 0.717) is 49.7 Å². The predicted octanol–water partition coefficient (Wildman–Crippen LogP) is 2.80. The number of carbonyl (C=O) groups excluding carboxylic acids is 4. The first-order chi connectivity index (χ1) is 22.1. The zero-order valence-electron chi connectivity index (χ0n) is 25.4. The van der Waals surface area contributed by atoms with Gasteiger partial charge in [0.2, 0.25) is 11.8 Å². The zero-order valence-corrected chi connectivity index (χ0v) is 25.4. The van der Waals surface area contributed by atoms with Crippen molar-refractivity contribution in [3.63, 3.8) is 0 Å². The second-order valence-electron chi connectivity index (χ2n) is 12.2. The number of benzene rings is 2. The van der Waals surface area contributed by atoms with E-state index in [2.05, 4.69) is 15.7 Å². The number of nitrogens with one attached hydrogen (secondary N) is 2. The molecule has 3 aliphatic rings. The Labute approximate surface area is 264 Å². The lowest BCUT2D eigenvalue weighted by atomic mass is 9.85. The Bertz CT molecular complexity index is 1700.